The van der Waals surface area contributed by atoms with E-state index in [1.54, 1.807) is 37.0 Å². The summed E-state index contributed by atoms with van der Waals surface area (Å²) >= 11 is 0. The van der Waals surface area contributed by atoms with Gasteiger partial charge in [0, 0.05) is 25.5 Å². The second-order valence-electron chi connectivity index (χ2n) is 4.60. The standard InChI is InChI=1S/C12H20N4O3/c1-3-12(2,10(17)18)9-14-11(19)13-6-8-16-7-4-5-15-16/h4-5,7H,3,6,8-9H2,1-2H3,(H,17,18)(H2,13,14,19). The summed E-state index contributed by atoms with van der Waals surface area (Å²) in [4.78, 5) is 22.6. The van der Waals surface area contributed by atoms with Crippen LogP contribution < -0.4 is 10.6 Å². The lowest BCUT2D eigenvalue weighted by atomic mass is 9.88. The van der Waals surface area contributed by atoms with Crippen LogP contribution in [0.15, 0.2) is 18.5 Å². The van der Waals surface area contributed by atoms with E-state index in [9.17, 15) is 9.59 Å². The van der Waals surface area contributed by atoms with Gasteiger partial charge in [0.1, 0.15) is 0 Å². The number of urea groups is 1. The molecule has 0 spiro atoms. The molecule has 1 aromatic heterocycles. The van der Waals surface area contributed by atoms with Gasteiger partial charge < -0.3 is 15.7 Å². The van der Waals surface area contributed by atoms with Crippen LogP contribution in [-0.4, -0.2) is 40.0 Å². The zero-order chi connectivity index (χ0) is 14.3. The number of aliphatic carboxylic acids is 1. The molecule has 3 N–H and O–H groups in total. The molecule has 1 heterocycles. The van der Waals surface area contributed by atoms with Gasteiger partial charge in [0.15, 0.2) is 0 Å². The molecule has 1 unspecified atom stereocenters. The van der Waals surface area contributed by atoms with Crippen LogP contribution in [-0.2, 0) is 11.3 Å². The number of nitrogens with one attached hydrogen (secondary N) is 2. The summed E-state index contributed by atoms with van der Waals surface area (Å²) in [5.41, 5.74) is -0.931. The number of hydrogen-bond donors (Lipinski definition) is 3. The highest BCUT2D eigenvalue weighted by atomic mass is 16.4. The van der Waals surface area contributed by atoms with E-state index in [1.807, 2.05) is 0 Å². The third kappa shape index (κ3) is 4.61. The van der Waals surface area contributed by atoms with E-state index < -0.39 is 11.4 Å². The third-order valence-corrected chi connectivity index (χ3v) is 3.12. The number of carboxylic acids is 1. The van der Waals surface area contributed by atoms with Crippen LogP contribution in [0.25, 0.3) is 0 Å². The summed E-state index contributed by atoms with van der Waals surface area (Å²) in [5.74, 6) is -0.910. The van der Waals surface area contributed by atoms with E-state index in [0.29, 0.717) is 19.5 Å². The fourth-order valence-corrected chi connectivity index (χ4v) is 1.41. The highest BCUT2D eigenvalue weighted by Crippen LogP contribution is 2.19. The maximum absolute atomic E-state index is 11.5. The van der Waals surface area contributed by atoms with Crippen molar-refractivity contribution in [2.45, 2.75) is 26.8 Å². The fourth-order valence-electron chi connectivity index (χ4n) is 1.41. The molecule has 7 nitrogen and oxygen atoms in total. The average Bonchev–Trinajstić information content (AvgIpc) is 2.89. The number of aromatic nitrogens is 2. The van der Waals surface area contributed by atoms with Gasteiger partial charge in [-0.25, -0.2) is 4.79 Å². The van der Waals surface area contributed by atoms with Crippen LogP contribution in [0.1, 0.15) is 20.3 Å². The van der Waals surface area contributed by atoms with Gasteiger partial charge in [-0.05, 0) is 19.4 Å². The van der Waals surface area contributed by atoms with E-state index in [2.05, 4.69) is 15.7 Å². The molecule has 7 heteroatoms. The molecule has 1 rings (SSSR count). The zero-order valence-electron chi connectivity index (χ0n) is 11.2. The molecule has 0 aliphatic carbocycles. The summed E-state index contributed by atoms with van der Waals surface area (Å²) in [6.45, 7) is 4.50. The van der Waals surface area contributed by atoms with Crippen molar-refractivity contribution in [3.05, 3.63) is 18.5 Å². The normalized spacial score (nSPS) is 13.6. The topological polar surface area (TPSA) is 96.3 Å². The first kappa shape index (κ1) is 15.0. The van der Waals surface area contributed by atoms with Crippen molar-refractivity contribution >= 4 is 12.0 Å². The number of hydrogen-bond acceptors (Lipinski definition) is 3. The molecule has 0 aromatic carbocycles. The number of rotatable bonds is 7. The molecule has 106 valence electrons. The van der Waals surface area contributed by atoms with Gasteiger partial charge in [-0.2, -0.15) is 5.10 Å². The number of carbonyl (C=O) groups is 2. The SMILES string of the molecule is CCC(C)(CNC(=O)NCCn1cccn1)C(=O)O. The van der Waals surface area contributed by atoms with Crippen molar-refractivity contribution in [2.24, 2.45) is 5.41 Å². The first-order chi connectivity index (χ1) is 8.98. The van der Waals surface area contributed by atoms with Crippen molar-refractivity contribution in [1.29, 1.82) is 0 Å². The van der Waals surface area contributed by atoms with Gasteiger partial charge in [-0.3, -0.25) is 9.48 Å². The van der Waals surface area contributed by atoms with Crippen LogP contribution in [0.2, 0.25) is 0 Å². The maximum Gasteiger partial charge on any atom is 0.314 e. The lowest BCUT2D eigenvalue weighted by Gasteiger charge is -2.23. The lowest BCUT2D eigenvalue weighted by Crippen LogP contribution is -2.45. The molecule has 0 saturated carbocycles. The molecule has 0 radical (unpaired) electrons. The molecule has 1 aromatic rings. The molecule has 2 amide bonds. The van der Waals surface area contributed by atoms with Gasteiger partial charge in [-0.1, -0.05) is 6.92 Å². The third-order valence-electron chi connectivity index (χ3n) is 3.12. The smallest absolute Gasteiger partial charge is 0.314 e. The van der Waals surface area contributed by atoms with Crippen molar-refractivity contribution in [1.82, 2.24) is 20.4 Å². The molecular weight excluding hydrogens is 248 g/mol. The predicted molar refractivity (Wildman–Crippen MR) is 69.7 cm³/mol. The quantitative estimate of drug-likeness (QED) is 0.677. The van der Waals surface area contributed by atoms with E-state index in [1.165, 1.54) is 0 Å². The van der Waals surface area contributed by atoms with Crippen LogP contribution in [0.3, 0.4) is 0 Å². The second kappa shape index (κ2) is 6.77. The fraction of sp³-hybridized carbons (Fsp3) is 0.583. The molecule has 1 atom stereocenters. The molecule has 0 saturated heterocycles. The van der Waals surface area contributed by atoms with Gasteiger partial charge in [0.2, 0.25) is 0 Å². The molecule has 0 bridgehead atoms. The minimum atomic E-state index is -0.931. The zero-order valence-corrected chi connectivity index (χ0v) is 11.2. The highest BCUT2D eigenvalue weighted by Gasteiger charge is 2.31. The summed E-state index contributed by atoms with van der Waals surface area (Å²) in [6.07, 6.45) is 3.92. The van der Waals surface area contributed by atoms with Crippen LogP contribution >= 0.6 is 0 Å². The summed E-state index contributed by atoms with van der Waals surface area (Å²) < 4.78 is 1.70. The number of amides is 2. The van der Waals surface area contributed by atoms with Crippen molar-refractivity contribution in [2.75, 3.05) is 13.1 Å². The molecule has 19 heavy (non-hydrogen) atoms. The average molecular weight is 268 g/mol. The second-order valence-corrected chi connectivity index (χ2v) is 4.60. The summed E-state index contributed by atoms with van der Waals surface area (Å²) in [7, 11) is 0. The Kier molecular flexibility index (Phi) is 5.35. The van der Waals surface area contributed by atoms with Gasteiger partial charge in [-0.15, -0.1) is 0 Å². The maximum atomic E-state index is 11.5. The Hall–Kier alpha value is -2.05. The van der Waals surface area contributed by atoms with E-state index >= 15 is 0 Å². The molecule has 0 fully saturated rings. The Labute approximate surface area is 112 Å². The van der Waals surface area contributed by atoms with Crippen molar-refractivity contribution in [3.63, 3.8) is 0 Å². The lowest BCUT2D eigenvalue weighted by molar-refractivity contribution is -0.147. The Morgan fingerprint density at radius 2 is 2.16 bits per heavy atom. The minimum absolute atomic E-state index is 0.104. The van der Waals surface area contributed by atoms with Crippen LogP contribution in [0.4, 0.5) is 4.79 Å². The molecule has 0 aliphatic heterocycles. The Bertz CT molecular complexity index is 419. The van der Waals surface area contributed by atoms with Gasteiger partial charge in [0.25, 0.3) is 0 Å². The molecular formula is C12H20N4O3. The van der Waals surface area contributed by atoms with Gasteiger partial charge in [0.05, 0.1) is 12.0 Å². The van der Waals surface area contributed by atoms with Crippen LogP contribution in [0.5, 0.6) is 0 Å². The van der Waals surface area contributed by atoms with E-state index in [0.717, 1.165) is 0 Å². The minimum Gasteiger partial charge on any atom is -0.481 e. The number of nitrogens with zero attached hydrogens (tertiary/aromatic N) is 2. The largest absolute Gasteiger partial charge is 0.481 e. The van der Waals surface area contributed by atoms with Crippen LogP contribution in [0, 0.1) is 5.41 Å². The molecule has 0 aliphatic rings. The van der Waals surface area contributed by atoms with E-state index in [4.69, 9.17) is 5.11 Å². The van der Waals surface area contributed by atoms with Gasteiger partial charge >= 0.3 is 12.0 Å². The first-order valence-corrected chi connectivity index (χ1v) is 6.20. The Morgan fingerprint density at radius 1 is 1.42 bits per heavy atom. The highest BCUT2D eigenvalue weighted by molar-refractivity contribution is 5.77. The first-order valence-electron chi connectivity index (χ1n) is 6.20. The Morgan fingerprint density at radius 3 is 2.68 bits per heavy atom. The van der Waals surface area contributed by atoms with Crippen molar-refractivity contribution < 1.29 is 14.7 Å². The Balaban J connectivity index is 2.26. The van der Waals surface area contributed by atoms with E-state index in [-0.39, 0.29) is 12.6 Å². The number of carbonyl (C=O) groups excluding carboxylic acids is 1. The summed E-state index contributed by atoms with van der Waals surface area (Å²) in [5, 5.41) is 18.3. The van der Waals surface area contributed by atoms with Crippen molar-refractivity contribution in [3.8, 4) is 0 Å². The summed E-state index contributed by atoms with van der Waals surface area (Å²) in [6, 6.07) is 1.44. The monoisotopic (exact) mass is 268 g/mol. The predicted octanol–water partition coefficient (Wildman–Crippen LogP) is 0.683. The number of carboxylic acid groups (broad SMARTS) is 1.